The zero-order valence-corrected chi connectivity index (χ0v) is 29.0. The van der Waals surface area contributed by atoms with E-state index in [-0.39, 0.29) is 17.2 Å². The Morgan fingerprint density at radius 3 is 2.26 bits per heavy atom. The Morgan fingerprint density at radius 2 is 1.58 bits per heavy atom. The Bertz CT molecular complexity index is 1850. The lowest BCUT2D eigenvalue weighted by Gasteiger charge is -2.26. The maximum atomic E-state index is 13.3. The molecule has 53 heavy (non-hydrogen) atoms. The highest BCUT2D eigenvalue weighted by molar-refractivity contribution is 6.04. The summed E-state index contributed by atoms with van der Waals surface area (Å²) in [6.45, 7) is 10.5. The first kappa shape index (κ1) is 37.4. The van der Waals surface area contributed by atoms with E-state index < -0.39 is 18.1 Å². The largest absolute Gasteiger partial charge is 0.574 e. The lowest BCUT2D eigenvalue weighted by molar-refractivity contribution is -0.276. The number of aromatic nitrogens is 5. The Labute approximate surface area is 303 Å². The minimum Gasteiger partial charge on any atom is -0.388 e. The number of carbonyl (C=O) groups excluding carboxylic acids is 2. The van der Waals surface area contributed by atoms with Gasteiger partial charge in [0.1, 0.15) is 18.0 Å². The van der Waals surface area contributed by atoms with E-state index in [4.69, 9.17) is 9.47 Å². The van der Waals surface area contributed by atoms with Gasteiger partial charge in [-0.15, -0.1) is 13.2 Å². The molecule has 5 heterocycles. The number of halogens is 3. The topological polar surface area (TPSA) is 173 Å². The van der Waals surface area contributed by atoms with Gasteiger partial charge in [-0.3, -0.25) is 19.4 Å². The molecule has 2 aliphatic heterocycles. The summed E-state index contributed by atoms with van der Waals surface area (Å²) in [5, 5.41) is 16.9. The molecule has 0 radical (unpaired) electrons. The Kier molecular flexibility index (Phi) is 12.3. The number of amides is 2. The van der Waals surface area contributed by atoms with E-state index in [9.17, 15) is 22.8 Å². The lowest BCUT2D eigenvalue weighted by atomic mass is 10.1. The van der Waals surface area contributed by atoms with Crippen molar-refractivity contribution in [3.8, 4) is 11.7 Å². The number of benzene rings is 1. The minimum atomic E-state index is -4.90. The summed E-state index contributed by atoms with van der Waals surface area (Å²) in [4.78, 5) is 43.2. The molecule has 0 saturated carbocycles. The Balaban J connectivity index is 1.19. The van der Waals surface area contributed by atoms with Crippen LogP contribution in [-0.4, -0.2) is 131 Å². The standard InChI is InChI=1S/C34H40F3N11O5/c1-23-2-4-25(43-32(49)24-3-5-31(40-21-24)53-34(35,36)37)18-26(23)44-30-19-27(33(50)39-7-9-47-12-16-52-17-13-47)45-48(30)29-20-28(41-22-42-29)38-6-8-46-10-14-51-15-11-46/h2-5,18-22,44H,6-17H2,1H3,(H,39,50)(H,43,49)(H,38,41,42). The van der Waals surface area contributed by atoms with Crippen LogP contribution in [0.5, 0.6) is 5.88 Å². The molecule has 2 fully saturated rings. The number of hydrogen-bond donors (Lipinski definition) is 4. The number of nitrogens with one attached hydrogen (secondary N) is 4. The van der Waals surface area contributed by atoms with E-state index >= 15 is 0 Å². The van der Waals surface area contributed by atoms with Crippen molar-refractivity contribution in [3.05, 3.63) is 71.8 Å². The first-order valence-electron chi connectivity index (χ1n) is 17.1. The SMILES string of the molecule is Cc1ccc(NC(=O)c2ccc(OC(F)(F)F)nc2)cc1Nc1cc(C(=O)NCCN2CCOCC2)nn1-c1cc(NCCN2CCOCC2)ncn1. The number of anilines is 4. The molecule has 0 atom stereocenters. The first-order chi connectivity index (χ1) is 25.6. The van der Waals surface area contributed by atoms with Gasteiger partial charge in [0, 0.05) is 88.1 Å². The second-order valence-corrected chi connectivity index (χ2v) is 12.2. The normalized spacial score (nSPS) is 15.5. The third-order valence-corrected chi connectivity index (χ3v) is 8.44. The Morgan fingerprint density at radius 1 is 0.868 bits per heavy atom. The zero-order valence-electron chi connectivity index (χ0n) is 29.0. The van der Waals surface area contributed by atoms with Gasteiger partial charge in [0.25, 0.3) is 11.8 Å². The van der Waals surface area contributed by atoms with Crippen LogP contribution in [-0.2, 0) is 9.47 Å². The predicted octanol–water partition coefficient (Wildman–Crippen LogP) is 3.07. The number of ether oxygens (including phenoxy) is 3. The highest BCUT2D eigenvalue weighted by atomic mass is 19.4. The van der Waals surface area contributed by atoms with Crippen molar-refractivity contribution < 1.29 is 37.0 Å². The van der Waals surface area contributed by atoms with Gasteiger partial charge in [0.2, 0.25) is 5.88 Å². The molecular weight excluding hydrogens is 699 g/mol. The fraction of sp³-hybridized carbons (Fsp3) is 0.412. The van der Waals surface area contributed by atoms with Gasteiger partial charge in [-0.25, -0.2) is 15.0 Å². The van der Waals surface area contributed by atoms with Crippen LogP contribution in [0.4, 0.5) is 36.2 Å². The summed E-state index contributed by atoms with van der Waals surface area (Å²) < 4.78 is 53.7. The number of aryl methyl sites for hydroxylation is 1. The lowest BCUT2D eigenvalue weighted by Crippen LogP contribution is -2.41. The number of morpholine rings is 2. The molecule has 16 nitrogen and oxygen atoms in total. The van der Waals surface area contributed by atoms with Gasteiger partial charge in [-0.05, 0) is 30.7 Å². The average Bonchev–Trinajstić information content (AvgIpc) is 3.57. The maximum absolute atomic E-state index is 13.3. The fourth-order valence-electron chi connectivity index (χ4n) is 5.59. The van der Waals surface area contributed by atoms with Crippen molar-refractivity contribution in [1.82, 2.24) is 39.8 Å². The van der Waals surface area contributed by atoms with Crippen molar-refractivity contribution >= 4 is 34.8 Å². The summed E-state index contributed by atoms with van der Waals surface area (Å²) in [6.07, 6.45) is -2.50. The smallest absolute Gasteiger partial charge is 0.388 e. The van der Waals surface area contributed by atoms with E-state index in [1.807, 2.05) is 6.92 Å². The summed E-state index contributed by atoms with van der Waals surface area (Å²) in [5.74, 6) is -0.252. The minimum absolute atomic E-state index is 0.0232. The molecular formula is C34H40F3N11O5. The summed E-state index contributed by atoms with van der Waals surface area (Å²) >= 11 is 0. The van der Waals surface area contributed by atoms with Crippen molar-refractivity contribution in [2.75, 3.05) is 94.7 Å². The second kappa shape index (κ2) is 17.4. The van der Waals surface area contributed by atoms with Crippen LogP contribution in [0.3, 0.4) is 0 Å². The number of alkyl halides is 3. The van der Waals surface area contributed by atoms with Crippen LogP contribution in [0, 0.1) is 6.92 Å². The summed E-state index contributed by atoms with van der Waals surface area (Å²) in [7, 11) is 0. The van der Waals surface area contributed by atoms with Gasteiger partial charge < -0.3 is 35.5 Å². The molecule has 6 rings (SSSR count). The monoisotopic (exact) mass is 739 g/mol. The highest BCUT2D eigenvalue weighted by Crippen LogP contribution is 2.27. The third kappa shape index (κ3) is 10.8. The fourth-order valence-corrected chi connectivity index (χ4v) is 5.59. The van der Waals surface area contributed by atoms with E-state index in [0.717, 1.165) is 50.6 Å². The van der Waals surface area contributed by atoms with Crippen LogP contribution < -0.4 is 26.0 Å². The summed E-state index contributed by atoms with van der Waals surface area (Å²) in [6, 6.07) is 10.6. The first-order valence-corrected chi connectivity index (χ1v) is 17.1. The molecule has 2 amide bonds. The molecule has 4 aromatic rings. The van der Waals surface area contributed by atoms with Crippen LogP contribution >= 0.6 is 0 Å². The van der Waals surface area contributed by atoms with Gasteiger partial charge in [0.15, 0.2) is 11.5 Å². The van der Waals surface area contributed by atoms with Crippen LogP contribution in [0.25, 0.3) is 5.82 Å². The van der Waals surface area contributed by atoms with Gasteiger partial charge in [-0.2, -0.15) is 9.78 Å². The molecule has 1 aromatic carbocycles. The molecule has 0 spiro atoms. The molecule has 0 unspecified atom stereocenters. The number of carbonyl (C=O) groups is 2. The molecule has 0 aliphatic carbocycles. The van der Waals surface area contributed by atoms with Gasteiger partial charge >= 0.3 is 6.36 Å². The number of nitrogens with zero attached hydrogens (tertiary/aromatic N) is 7. The highest BCUT2D eigenvalue weighted by Gasteiger charge is 2.31. The van der Waals surface area contributed by atoms with E-state index in [2.05, 4.69) is 55.9 Å². The number of pyridine rings is 1. The molecule has 282 valence electrons. The van der Waals surface area contributed by atoms with E-state index in [1.54, 1.807) is 30.3 Å². The van der Waals surface area contributed by atoms with Crippen LogP contribution in [0.1, 0.15) is 26.4 Å². The Hall–Kier alpha value is -5.37. The number of hydrogen-bond acceptors (Lipinski definition) is 13. The van der Waals surface area contributed by atoms with Gasteiger partial charge in [-0.1, -0.05) is 6.07 Å². The zero-order chi connectivity index (χ0) is 37.2. The van der Waals surface area contributed by atoms with E-state index in [0.29, 0.717) is 74.9 Å². The predicted molar refractivity (Wildman–Crippen MR) is 188 cm³/mol. The molecule has 2 aliphatic rings. The van der Waals surface area contributed by atoms with E-state index in [1.165, 1.54) is 17.1 Å². The van der Waals surface area contributed by atoms with Crippen LogP contribution in [0.15, 0.2) is 55.0 Å². The third-order valence-electron chi connectivity index (χ3n) is 8.44. The molecule has 4 N–H and O–H groups in total. The van der Waals surface area contributed by atoms with Crippen molar-refractivity contribution in [3.63, 3.8) is 0 Å². The maximum Gasteiger partial charge on any atom is 0.574 e. The average molecular weight is 740 g/mol. The van der Waals surface area contributed by atoms with Crippen LogP contribution in [0.2, 0.25) is 0 Å². The molecule has 3 aromatic heterocycles. The number of rotatable bonds is 14. The quantitative estimate of drug-likeness (QED) is 0.149. The molecule has 2 saturated heterocycles. The summed E-state index contributed by atoms with van der Waals surface area (Å²) in [5.41, 5.74) is 1.95. The molecule has 0 bridgehead atoms. The van der Waals surface area contributed by atoms with Crippen molar-refractivity contribution in [1.29, 1.82) is 0 Å². The van der Waals surface area contributed by atoms with Crippen molar-refractivity contribution in [2.24, 2.45) is 0 Å². The second-order valence-electron chi connectivity index (χ2n) is 12.2. The van der Waals surface area contributed by atoms with Crippen molar-refractivity contribution in [2.45, 2.75) is 13.3 Å². The molecule has 19 heteroatoms. The van der Waals surface area contributed by atoms with Gasteiger partial charge in [0.05, 0.1) is 32.0 Å².